The highest BCUT2D eigenvalue weighted by Gasteiger charge is 2.07. The molecule has 19 heavy (non-hydrogen) atoms. The third-order valence-electron chi connectivity index (χ3n) is 2.65. The van der Waals surface area contributed by atoms with Crippen molar-refractivity contribution in [3.63, 3.8) is 0 Å². The number of hydrogen-bond acceptors (Lipinski definition) is 4. The second-order valence-electron chi connectivity index (χ2n) is 4.28. The lowest BCUT2D eigenvalue weighted by atomic mass is 10.1. The van der Waals surface area contributed by atoms with Crippen LogP contribution >= 0.6 is 11.8 Å². The van der Waals surface area contributed by atoms with Crippen LogP contribution in [-0.2, 0) is 10.5 Å². The summed E-state index contributed by atoms with van der Waals surface area (Å²) >= 11 is 1.75. The molecule has 1 amide bonds. The first-order chi connectivity index (χ1) is 9.17. The van der Waals surface area contributed by atoms with Gasteiger partial charge in [-0.15, -0.1) is 0 Å². The lowest BCUT2D eigenvalue weighted by molar-refractivity contribution is 0.0587. The van der Waals surface area contributed by atoms with E-state index in [4.69, 9.17) is 4.74 Å². The van der Waals surface area contributed by atoms with Crippen molar-refractivity contribution >= 4 is 17.7 Å². The molecule has 0 spiro atoms. The largest absolute Gasteiger partial charge is 0.391 e. The maximum Gasteiger partial charge on any atom is 0.251 e. The molecule has 0 saturated heterocycles. The third kappa shape index (κ3) is 6.09. The molecule has 0 aliphatic rings. The van der Waals surface area contributed by atoms with Gasteiger partial charge < -0.3 is 15.2 Å². The molecular formula is C14H21NO3S. The summed E-state index contributed by atoms with van der Waals surface area (Å²) in [4.78, 5) is 11.8. The highest BCUT2D eigenvalue weighted by Crippen LogP contribution is 2.10. The van der Waals surface area contributed by atoms with E-state index in [9.17, 15) is 9.90 Å². The standard InChI is InChI=1S/C14H21NO3S/c1-18-9-13(16)7-8-15-14(17)12-5-3-11(4-6-12)10-19-2/h3-6,13,16H,7-10H2,1-2H3,(H,15,17). The minimum Gasteiger partial charge on any atom is -0.391 e. The van der Waals surface area contributed by atoms with Gasteiger partial charge in [0.25, 0.3) is 5.91 Å². The van der Waals surface area contributed by atoms with Gasteiger partial charge in [-0.25, -0.2) is 0 Å². The van der Waals surface area contributed by atoms with E-state index < -0.39 is 6.10 Å². The summed E-state index contributed by atoms with van der Waals surface area (Å²) < 4.78 is 4.82. The number of methoxy groups -OCH3 is 1. The first-order valence-corrected chi connectivity index (χ1v) is 7.59. The van der Waals surface area contributed by atoms with Gasteiger partial charge in [-0.3, -0.25) is 4.79 Å². The van der Waals surface area contributed by atoms with E-state index in [0.29, 0.717) is 25.1 Å². The fraction of sp³-hybridized carbons (Fsp3) is 0.500. The maximum absolute atomic E-state index is 11.8. The van der Waals surface area contributed by atoms with Crippen LogP contribution in [0.25, 0.3) is 0 Å². The lowest BCUT2D eigenvalue weighted by Gasteiger charge is -2.10. The molecule has 0 fully saturated rings. The van der Waals surface area contributed by atoms with Crippen LogP contribution in [0.15, 0.2) is 24.3 Å². The van der Waals surface area contributed by atoms with Crippen molar-refractivity contribution in [1.82, 2.24) is 5.32 Å². The predicted molar refractivity (Wildman–Crippen MR) is 78.5 cm³/mol. The van der Waals surface area contributed by atoms with E-state index in [-0.39, 0.29) is 5.91 Å². The number of amides is 1. The SMILES string of the molecule is COCC(O)CCNC(=O)c1ccc(CSC)cc1. The van der Waals surface area contributed by atoms with Crippen molar-refractivity contribution in [2.24, 2.45) is 0 Å². The predicted octanol–water partition coefficient (Wildman–Crippen LogP) is 1.68. The van der Waals surface area contributed by atoms with E-state index in [2.05, 4.69) is 5.32 Å². The molecule has 1 unspecified atom stereocenters. The van der Waals surface area contributed by atoms with E-state index in [1.54, 1.807) is 11.8 Å². The van der Waals surface area contributed by atoms with Crippen LogP contribution in [0, 0.1) is 0 Å². The number of benzene rings is 1. The molecule has 1 rings (SSSR count). The second kappa shape index (κ2) is 8.96. The van der Waals surface area contributed by atoms with E-state index in [0.717, 1.165) is 5.75 Å². The molecule has 0 aliphatic heterocycles. The van der Waals surface area contributed by atoms with Crippen molar-refractivity contribution in [3.8, 4) is 0 Å². The summed E-state index contributed by atoms with van der Waals surface area (Å²) in [6, 6.07) is 7.58. The van der Waals surface area contributed by atoms with Crippen molar-refractivity contribution in [3.05, 3.63) is 35.4 Å². The van der Waals surface area contributed by atoms with Crippen LogP contribution in [0.3, 0.4) is 0 Å². The van der Waals surface area contributed by atoms with Crippen molar-refractivity contribution < 1.29 is 14.6 Å². The molecule has 4 nitrogen and oxygen atoms in total. The highest BCUT2D eigenvalue weighted by atomic mass is 32.2. The number of aliphatic hydroxyl groups excluding tert-OH is 1. The molecule has 106 valence electrons. The summed E-state index contributed by atoms with van der Waals surface area (Å²) in [6.45, 7) is 0.731. The molecular weight excluding hydrogens is 262 g/mol. The Labute approximate surface area is 118 Å². The topological polar surface area (TPSA) is 58.6 Å². The van der Waals surface area contributed by atoms with Crippen LogP contribution in [0.1, 0.15) is 22.3 Å². The fourth-order valence-corrected chi connectivity index (χ4v) is 2.17. The smallest absolute Gasteiger partial charge is 0.251 e. The zero-order valence-corrected chi connectivity index (χ0v) is 12.2. The fourth-order valence-electron chi connectivity index (χ4n) is 1.65. The average Bonchev–Trinajstić information content (AvgIpc) is 2.40. The summed E-state index contributed by atoms with van der Waals surface area (Å²) in [5.74, 6) is 0.839. The third-order valence-corrected chi connectivity index (χ3v) is 3.27. The molecule has 5 heteroatoms. The Morgan fingerprint density at radius 3 is 2.68 bits per heavy atom. The molecule has 0 aliphatic carbocycles. The highest BCUT2D eigenvalue weighted by molar-refractivity contribution is 7.97. The van der Waals surface area contributed by atoms with Gasteiger partial charge in [-0.1, -0.05) is 12.1 Å². The Balaban J connectivity index is 2.36. The maximum atomic E-state index is 11.8. The Morgan fingerprint density at radius 1 is 1.42 bits per heavy atom. The number of nitrogens with one attached hydrogen (secondary N) is 1. The number of carbonyl (C=O) groups excluding carboxylic acids is 1. The Morgan fingerprint density at radius 2 is 2.11 bits per heavy atom. The zero-order chi connectivity index (χ0) is 14.1. The second-order valence-corrected chi connectivity index (χ2v) is 5.15. The first-order valence-electron chi connectivity index (χ1n) is 6.20. The molecule has 1 aromatic carbocycles. The number of carbonyl (C=O) groups is 1. The number of rotatable bonds is 8. The molecule has 0 bridgehead atoms. The quantitative estimate of drug-likeness (QED) is 0.762. The van der Waals surface area contributed by atoms with Crippen molar-refractivity contribution in [2.75, 3.05) is 26.5 Å². The summed E-state index contributed by atoms with van der Waals surface area (Å²) in [7, 11) is 1.54. The number of thioether (sulfide) groups is 1. The van der Waals surface area contributed by atoms with Crippen molar-refractivity contribution in [2.45, 2.75) is 18.3 Å². The average molecular weight is 283 g/mol. The number of ether oxygens (including phenoxy) is 1. The van der Waals surface area contributed by atoms with Gasteiger partial charge in [0.05, 0.1) is 12.7 Å². The zero-order valence-electron chi connectivity index (χ0n) is 11.4. The van der Waals surface area contributed by atoms with Gasteiger partial charge in [0.2, 0.25) is 0 Å². The first kappa shape index (κ1) is 16.0. The van der Waals surface area contributed by atoms with Crippen LogP contribution in [0.2, 0.25) is 0 Å². The number of aliphatic hydroxyl groups is 1. The molecule has 0 radical (unpaired) electrons. The molecule has 2 N–H and O–H groups in total. The summed E-state index contributed by atoms with van der Waals surface area (Å²) in [5, 5.41) is 12.2. The van der Waals surface area contributed by atoms with Crippen LogP contribution < -0.4 is 5.32 Å². The van der Waals surface area contributed by atoms with Gasteiger partial charge >= 0.3 is 0 Å². The lowest BCUT2D eigenvalue weighted by Crippen LogP contribution is -2.28. The van der Waals surface area contributed by atoms with Gasteiger partial charge in [-0.05, 0) is 30.4 Å². The van der Waals surface area contributed by atoms with Gasteiger partial charge in [0.1, 0.15) is 0 Å². The molecule has 1 aromatic rings. The van der Waals surface area contributed by atoms with E-state index in [1.165, 1.54) is 12.7 Å². The molecule has 0 heterocycles. The normalized spacial score (nSPS) is 12.2. The monoisotopic (exact) mass is 283 g/mol. The molecule has 0 aromatic heterocycles. The molecule has 0 saturated carbocycles. The summed E-state index contributed by atoms with van der Waals surface area (Å²) in [5.41, 5.74) is 1.85. The van der Waals surface area contributed by atoms with Crippen LogP contribution in [0.4, 0.5) is 0 Å². The molecule has 1 atom stereocenters. The minimum atomic E-state index is -0.533. The Bertz CT molecular complexity index is 381. The minimum absolute atomic E-state index is 0.111. The van der Waals surface area contributed by atoms with E-state index in [1.807, 2.05) is 30.5 Å². The number of hydrogen-bond donors (Lipinski definition) is 2. The van der Waals surface area contributed by atoms with Crippen LogP contribution in [0.5, 0.6) is 0 Å². The van der Waals surface area contributed by atoms with Crippen molar-refractivity contribution in [1.29, 1.82) is 0 Å². The van der Waals surface area contributed by atoms with Crippen LogP contribution in [-0.4, -0.2) is 43.6 Å². The van der Waals surface area contributed by atoms with Gasteiger partial charge in [0.15, 0.2) is 0 Å². The Kier molecular flexibility index (Phi) is 7.55. The van der Waals surface area contributed by atoms with Gasteiger partial charge in [0, 0.05) is 25.0 Å². The van der Waals surface area contributed by atoms with E-state index >= 15 is 0 Å². The Hall–Kier alpha value is -1.04. The summed E-state index contributed by atoms with van der Waals surface area (Å²) in [6.07, 6.45) is 2.00. The van der Waals surface area contributed by atoms with Gasteiger partial charge in [-0.2, -0.15) is 11.8 Å².